The lowest BCUT2D eigenvalue weighted by atomic mass is 10.1. The van der Waals surface area contributed by atoms with Crippen molar-refractivity contribution in [2.45, 2.75) is 40.0 Å². The Morgan fingerprint density at radius 3 is 2.80 bits per heavy atom. The quantitative estimate of drug-likeness (QED) is 0.888. The molecule has 110 valence electrons. The summed E-state index contributed by atoms with van der Waals surface area (Å²) in [4.78, 5) is 14.5. The lowest BCUT2D eigenvalue weighted by Crippen LogP contribution is -2.28. The molecule has 1 saturated heterocycles. The molecule has 20 heavy (non-hydrogen) atoms. The minimum atomic E-state index is 0.186. The van der Waals surface area contributed by atoms with Gasteiger partial charge in [-0.15, -0.1) is 0 Å². The third kappa shape index (κ3) is 3.33. The van der Waals surface area contributed by atoms with Crippen LogP contribution in [0.1, 0.15) is 49.0 Å². The predicted molar refractivity (Wildman–Crippen MR) is 84.3 cm³/mol. The Hall–Kier alpha value is -1.51. The van der Waals surface area contributed by atoms with Gasteiger partial charge in [-0.2, -0.15) is 0 Å². The molecule has 0 radical (unpaired) electrons. The normalized spacial score (nSPS) is 18.4. The predicted octanol–water partition coefficient (Wildman–Crippen LogP) is 3.69. The van der Waals surface area contributed by atoms with Crippen molar-refractivity contribution in [1.82, 2.24) is 4.90 Å². The minimum Gasteiger partial charge on any atom is -0.385 e. The highest BCUT2D eigenvalue weighted by Crippen LogP contribution is 2.23. The van der Waals surface area contributed by atoms with Crippen molar-refractivity contribution in [2.24, 2.45) is 5.92 Å². The molecule has 1 unspecified atom stereocenters. The number of likely N-dealkylation sites (tertiary alicyclic amines) is 1. The number of nitrogens with zero attached hydrogens (tertiary/aromatic N) is 1. The third-order valence-electron chi connectivity index (χ3n) is 4.19. The zero-order valence-electron chi connectivity index (χ0n) is 12.9. The fourth-order valence-corrected chi connectivity index (χ4v) is 2.79. The average molecular weight is 274 g/mol. The van der Waals surface area contributed by atoms with Gasteiger partial charge in [0.05, 0.1) is 0 Å². The number of anilines is 1. The average Bonchev–Trinajstić information content (AvgIpc) is 2.94. The second kappa shape index (κ2) is 6.78. The molecule has 3 nitrogen and oxygen atoms in total. The molecule has 0 bridgehead atoms. The summed E-state index contributed by atoms with van der Waals surface area (Å²) in [5.41, 5.74) is 3.10. The van der Waals surface area contributed by atoms with Gasteiger partial charge in [0, 0.05) is 30.9 Å². The van der Waals surface area contributed by atoms with Gasteiger partial charge in [-0.25, -0.2) is 0 Å². The van der Waals surface area contributed by atoms with E-state index in [0.29, 0.717) is 5.92 Å². The van der Waals surface area contributed by atoms with Gasteiger partial charge >= 0.3 is 0 Å². The highest BCUT2D eigenvalue weighted by atomic mass is 16.2. The van der Waals surface area contributed by atoms with Gasteiger partial charge in [0.15, 0.2) is 0 Å². The number of nitrogens with one attached hydrogen (secondary N) is 1. The fourth-order valence-electron chi connectivity index (χ4n) is 2.79. The minimum absolute atomic E-state index is 0.186. The van der Waals surface area contributed by atoms with E-state index in [0.717, 1.165) is 49.3 Å². The summed E-state index contributed by atoms with van der Waals surface area (Å²) in [7, 11) is 0. The van der Waals surface area contributed by atoms with E-state index in [9.17, 15) is 4.79 Å². The lowest BCUT2D eigenvalue weighted by Gasteiger charge is -2.17. The molecule has 1 heterocycles. The smallest absolute Gasteiger partial charge is 0.253 e. The molecule has 1 atom stereocenters. The summed E-state index contributed by atoms with van der Waals surface area (Å²) < 4.78 is 0. The number of hydrogen-bond donors (Lipinski definition) is 1. The van der Waals surface area contributed by atoms with Crippen LogP contribution in [0.5, 0.6) is 0 Å². The first-order valence-corrected chi connectivity index (χ1v) is 7.79. The van der Waals surface area contributed by atoms with E-state index < -0.39 is 0 Å². The molecular weight excluding hydrogens is 248 g/mol. The Morgan fingerprint density at radius 1 is 1.40 bits per heavy atom. The molecule has 1 N–H and O–H groups in total. The van der Waals surface area contributed by atoms with Crippen LogP contribution in [0.25, 0.3) is 0 Å². The van der Waals surface area contributed by atoms with Crippen LogP contribution in [0, 0.1) is 12.8 Å². The summed E-state index contributed by atoms with van der Waals surface area (Å²) in [6, 6.07) is 6.00. The number of amides is 1. The molecule has 0 saturated carbocycles. The molecular formula is C17H26N2O. The largest absolute Gasteiger partial charge is 0.385 e. The summed E-state index contributed by atoms with van der Waals surface area (Å²) in [6.45, 7) is 9.22. The maximum absolute atomic E-state index is 12.5. The van der Waals surface area contributed by atoms with Crippen LogP contribution in [0.2, 0.25) is 0 Å². The van der Waals surface area contributed by atoms with E-state index in [2.05, 4.69) is 26.1 Å². The van der Waals surface area contributed by atoms with Crippen molar-refractivity contribution in [3.8, 4) is 0 Å². The number of benzene rings is 1. The van der Waals surface area contributed by atoms with Gasteiger partial charge in [0.1, 0.15) is 0 Å². The van der Waals surface area contributed by atoms with Gasteiger partial charge in [-0.05, 0) is 49.4 Å². The molecule has 3 heteroatoms. The fraction of sp³-hybridized carbons (Fsp3) is 0.588. The zero-order chi connectivity index (χ0) is 14.5. The number of carbonyl (C=O) groups excluding carboxylic acids is 1. The monoisotopic (exact) mass is 274 g/mol. The van der Waals surface area contributed by atoms with Crippen LogP contribution in [-0.2, 0) is 0 Å². The molecule has 2 rings (SSSR count). The standard InChI is InChI=1S/C17H26N2O/c1-4-9-18-16-7-6-15(11-13(16)3)17(20)19-10-8-14(5-2)12-19/h6-7,11,14,18H,4-5,8-10,12H2,1-3H3. The Kier molecular flexibility index (Phi) is 5.05. The lowest BCUT2D eigenvalue weighted by molar-refractivity contribution is 0.0787. The second-order valence-corrected chi connectivity index (χ2v) is 5.77. The maximum atomic E-state index is 12.5. The van der Waals surface area contributed by atoms with Crippen LogP contribution < -0.4 is 5.32 Å². The molecule has 1 fully saturated rings. The molecule has 1 aromatic carbocycles. The van der Waals surface area contributed by atoms with Gasteiger partial charge in [0.25, 0.3) is 5.91 Å². The van der Waals surface area contributed by atoms with Gasteiger partial charge in [0.2, 0.25) is 0 Å². The van der Waals surface area contributed by atoms with Crippen molar-refractivity contribution in [1.29, 1.82) is 0 Å². The van der Waals surface area contributed by atoms with E-state index in [1.165, 1.54) is 6.42 Å². The van der Waals surface area contributed by atoms with E-state index >= 15 is 0 Å². The Bertz CT molecular complexity index is 470. The van der Waals surface area contributed by atoms with Crippen molar-refractivity contribution < 1.29 is 4.79 Å². The summed E-state index contributed by atoms with van der Waals surface area (Å²) in [5.74, 6) is 0.872. The highest BCUT2D eigenvalue weighted by molar-refractivity contribution is 5.95. The SMILES string of the molecule is CCCNc1ccc(C(=O)N2CCC(CC)C2)cc1C. The maximum Gasteiger partial charge on any atom is 0.253 e. The first-order valence-electron chi connectivity index (χ1n) is 7.79. The van der Waals surface area contributed by atoms with Crippen molar-refractivity contribution in [3.63, 3.8) is 0 Å². The van der Waals surface area contributed by atoms with Crippen LogP contribution in [0.4, 0.5) is 5.69 Å². The Balaban J connectivity index is 2.05. The van der Waals surface area contributed by atoms with Crippen LogP contribution >= 0.6 is 0 Å². The Labute approximate surface area is 122 Å². The van der Waals surface area contributed by atoms with E-state index in [1.807, 2.05) is 23.1 Å². The molecule has 1 amide bonds. The molecule has 0 spiro atoms. The summed E-state index contributed by atoms with van der Waals surface area (Å²) in [6.07, 6.45) is 3.42. The second-order valence-electron chi connectivity index (χ2n) is 5.77. The Morgan fingerprint density at radius 2 is 2.20 bits per heavy atom. The summed E-state index contributed by atoms with van der Waals surface area (Å²) >= 11 is 0. The molecule has 1 aliphatic heterocycles. The molecule has 1 aliphatic rings. The van der Waals surface area contributed by atoms with Crippen LogP contribution in [0.15, 0.2) is 18.2 Å². The first-order chi connectivity index (χ1) is 9.65. The van der Waals surface area contributed by atoms with Crippen molar-refractivity contribution >= 4 is 11.6 Å². The highest BCUT2D eigenvalue weighted by Gasteiger charge is 2.25. The van der Waals surface area contributed by atoms with Crippen molar-refractivity contribution in [2.75, 3.05) is 25.0 Å². The topological polar surface area (TPSA) is 32.3 Å². The molecule has 1 aromatic rings. The van der Waals surface area contributed by atoms with Crippen LogP contribution in [0.3, 0.4) is 0 Å². The number of rotatable bonds is 5. The van der Waals surface area contributed by atoms with Crippen LogP contribution in [-0.4, -0.2) is 30.4 Å². The zero-order valence-corrected chi connectivity index (χ0v) is 12.9. The van der Waals surface area contributed by atoms with E-state index in [4.69, 9.17) is 0 Å². The summed E-state index contributed by atoms with van der Waals surface area (Å²) in [5, 5.41) is 3.39. The first kappa shape index (κ1) is 14.9. The number of hydrogen-bond acceptors (Lipinski definition) is 2. The van der Waals surface area contributed by atoms with Crippen molar-refractivity contribution in [3.05, 3.63) is 29.3 Å². The number of carbonyl (C=O) groups is 1. The third-order valence-corrected chi connectivity index (χ3v) is 4.19. The molecule has 0 aromatic heterocycles. The van der Waals surface area contributed by atoms with Gasteiger partial charge < -0.3 is 10.2 Å². The number of aryl methyl sites for hydroxylation is 1. The van der Waals surface area contributed by atoms with Gasteiger partial charge in [-0.3, -0.25) is 4.79 Å². The van der Waals surface area contributed by atoms with E-state index in [1.54, 1.807) is 0 Å². The van der Waals surface area contributed by atoms with E-state index in [-0.39, 0.29) is 5.91 Å². The molecule has 0 aliphatic carbocycles. The van der Waals surface area contributed by atoms with Gasteiger partial charge in [-0.1, -0.05) is 20.3 Å².